The average molecular weight is 240 g/mol. The molecule has 5 nitrogen and oxygen atoms in total. The molecule has 90 valence electrons. The maximum atomic E-state index is 5.71. The van der Waals surface area contributed by atoms with Gasteiger partial charge in [0.2, 0.25) is 0 Å². The van der Waals surface area contributed by atoms with Crippen molar-refractivity contribution < 1.29 is 4.74 Å². The van der Waals surface area contributed by atoms with Gasteiger partial charge in [-0.3, -0.25) is 0 Å². The molecule has 1 aromatic carbocycles. The highest BCUT2D eigenvalue weighted by Crippen LogP contribution is 2.21. The standard InChI is InChI=1S/C13H12N4O/c1-18-11-4-2-3-9(7-11)13-15-12-6-5-10(14)8-17(12)16-13/h2-8H,14H2,1H3. The van der Waals surface area contributed by atoms with Crippen molar-refractivity contribution in [3.05, 3.63) is 42.6 Å². The zero-order valence-electron chi connectivity index (χ0n) is 9.87. The third-order valence-corrected chi connectivity index (χ3v) is 2.68. The van der Waals surface area contributed by atoms with Crippen LogP contribution in [-0.4, -0.2) is 21.7 Å². The molecule has 2 aromatic heterocycles. The van der Waals surface area contributed by atoms with Gasteiger partial charge in [-0.05, 0) is 24.3 Å². The summed E-state index contributed by atoms with van der Waals surface area (Å²) in [5, 5.41) is 4.39. The number of fused-ring (bicyclic) bond motifs is 1. The van der Waals surface area contributed by atoms with Crippen LogP contribution in [0.3, 0.4) is 0 Å². The predicted molar refractivity (Wildman–Crippen MR) is 69.4 cm³/mol. The highest BCUT2D eigenvalue weighted by atomic mass is 16.5. The first-order chi connectivity index (χ1) is 8.76. The van der Waals surface area contributed by atoms with Crippen LogP contribution in [-0.2, 0) is 0 Å². The van der Waals surface area contributed by atoms with E-state index < -0.39 is 0 Å². The first kappa shape index (κ1) is 10.6. The number of ether oxygens (including phenoxy) is 1. The van der Waals surface area contributed by atoms with Gasteiger partial charge in [-0.15, -0.1) is 5.10 Å². The number of hydrogen-bond acceptors (Lipinski definition) is 4. The van der Waals surface area contributed by atoms with E-state index in [1.54, 1.807) is 23.9 Å². The molecule has 5 heteroatoms. The van der Waals surface area contributed by atoms with E-state index in [2.05, 4.69) is 10.1 Å². The third kappa shape index (κ3) is 1.75. The van der Waals surface area contributed by atoms with E-state index >= 15 is 0 Å². The number of benzene rings is 1. The second kappa shape index (κ2) is 4.03. The second-order valence-corrected chi connectivity index (χ2v) is 3.93. The quantitative estimate of drug-likeness (QED) is 0.744. The molecule has 0 radical (unpaired) electrons. The molecular formula is C13H12N4O. The summed E-state index contributed by atoms with van der Waals surface area (Å²) in [5.74, 6) is 1.44. The second-order valence-electron chi connectivity index (χ2n) is 3.93. The van der Waals surface area contributed by atoms with Crippen LogP contribution >= 0.6 is 0 Å². The van der Waals surface area contributed by atoms with Gasteiger partial charge in [0, 0.05) is 5.56 Å². The molecule has 0 fully saturated rings. The van der Waals surface area contributed by atoms with Gasteiger partial charge in [0.15, 0.2) is 11.5 Å². The molecule has 0 atom stereocenters. The molecule has 0 aliphatic heterocycles. The molecule has 0 aliphatic rings. The van der Waals surface area contributed by atoms with E-state index in [4.69, 9.17) is 10.5 Å². The number of rotatable bonds is 2. The number of methoxy groups -OCH3 is 1. The Bertz CT molecular complexity index is 705. The number of anilines is 1. The molecule has 0 unspecified atom stereocenters. The summed E-state index contributed by atoms with van der Waals surface area (Å²) in [4.78, 5) is 4.44. The fraction of sp³-hybridized carbons (Fsp3) is 0.0769. The molecule has 0 bridgehead atoms. The third-order valence-electron chi connectivity index (χ3n) is 2.68. The topological polar surface area (TPSA) is 65.4 Å². The number of nitrogens with zero attached hydrogens (tertiary/aromatic N) is 3. The van der Waals surface area contributed by atoms with Crippen LogP contribution < -0.4 is 10.5 Å². The Hall–Kier alpha value is -2.56. The number of aromatic nitrogens is 3. The van der Waals surface area contributed by atoms with E-state index in [-0.39, 0.29) is 0 Å². The lowest BCUT2D eigenvalue weighted by Gasteiger charge is -2.00. The Balaban J connectivity index is 2.13. The van der Waals surface area contributed by atoms with Crippen LogP contribution in [0, 0.1) is 0 Å². The zero-order chi connectivity index (χ0) is 12.5. The van der Waals surface area contributed by atoms with Crippen molar-refractivity contribution in [2.24, 2.45) is 0 Å². The van der Waals surface area contributed by atoms with E-state index in [0.29, 0.717) is 11.5 Å². The van der Waals surface area contributed by atoms with Gasteiger partial charge < -0.3 is 10.5 Å². The summed E-state index contributed by atoms with van der Waals surface area (Å²) in [5.41, 5.74) is 8.05. The van der Waals surface area contributed by atoms with Gasteiger partial charge in [0.25, 0.3) is 0 Å². The molecule has 3 rings (SSSR count). The molecule has 0 amide bonds. The summed E-state index contributed by atoms with van der Waals surface area (Å²) < 4.78 is 6.86. The highest BCUT2D eigenvalue weighted by molar-refractivity contribution is 5.60. The molecule has 2 heterocycles. The zero-order valence-corrected chi connectivity index (χ0v) is 9.87. The van der Waals surface area contributed by atoms with Crippen molar-refractivity contribution in [1.82, 2.24) is 14.6 Å². The lowest BCUT2D eigenvalue weighted by molar-refractivity contribution is 0.415. The van der Waals surface area contributed by atoms with Crippen molar-refractivity contribution in [2.75, 3.05) is 12.8 Å². The van der Waals surface area contributed by atoms with E-state index in [0.717, 1.165) is 17.0 Å². The normalized spacial score (nSPS) is 10.7. The fourth-order valence-electron chi connectivity index (χ4n) is 1.78. The maximum absolute atomic E-state index is 5.71. The molecule has 0 saturated heterocycles. The molecular weight excluding hydrogens is 228 g/mol. The van der Waals surface area contributed by atoms with Crippen molar-refractivity contribution in [2.45, 2.75) is 0 Å². The van der Waals surface area contributed by atoms with Crippen molar-refractivity contribution in [3.8, 4) is 17.1 Å². The number of nitrogens with two attached hydrogens (primary N) is 1. The van der Waals surface area contributed by atoms with Crippen LogP contribution in [0.2, 0.25) is 0 Å². The number of nitrogen functional groups attached to an aromatic ring is 1. The Morgan fingerprint density at radius 1 is 1.22 bits per heavy atom. The molecule has 0 aliphatic carbocycles. The van der Waals surface area contributed by atoms with Crippen LogP contribution in [0.5, 0.6) is 5.75 Å². The average Bonchev–Trinajstić information content (AvgIpc) is 2.81. The molecule has 0 spiro atoms. The number of hydrogen-bond donors (Lipinski definition) is 1. The summed E-state index contributed by atoms with van der Waals surface area (Å²) in [7, 11) is 1.64. The Morgan fingerprint density at radius 2 is 2.11 bits per heavy atom. The molecule has 18 heavy (non-hydrogen) atoms. The van der Waals surface area contributed by atoms with Gasteiger partial charge in [0.1, 0.15) is 5.75 Å². The molecule has 2 N–H and O–H groups in total. The van der Waals surface area contributed by atoms with Gasteiger partial charge in [-0.2, -0.15) is 0 Å². The van der Waals surface area contributed by atoms with E-state index in [1.807, 2.05) is 30.3 Å². The van der Waals surface area contributed by atoms with Crippen molar-refractivity contribution >= 4 is 11.3 Å². The minimum atomic E-state index is 0.652. The van der Waals surface area contributed by atoms with Crippen molar-refractivity contribution in [1.29, 1.82) is 0 Å². The monoisotopic (exact) mass is 240 g/mol. The highest BCUT2D eigenvalue weighted by Gasteiger charge is 2.07. The molecule has 3 aromatic rings. The van der Waals surface area contributed by atoms with Crippen molar-refractivity contribution in [3.63, 3.8) is 0 Å². The maximum Gasteiger partial charge on any atom is 0.182 e. The lowest BCUT2D eigenvalue weighted by atomic mass is 10.2. The van der Waals surface area contributed by atoms with Crippen LogP contribution in [0.15, 0.2) is 42.6 Å². The Kier molecular flexibility index (Phi) is 2.37. The van der Waals surface area contributed by atoms with E-state index in [1.165, 1.54) is 0 Å². The van der Waals surface area contributed by atoms with E-state index in [9.17, 15) is 0 Å². The Labute approximate surface area is 104 Å². The largest absolute Gasteiger partial charge is 0.497 e. The molecule has 0 saturated carbocycles. The van der Waals surface area contributed by atoms with Crippen LogP contribution in [0.25, 0.3) is 17.0 Å². The summed E-state index contributed by atoms with van der Waals surface area (Å²) in [6, 6.07) is 11.3. The summed E-state index contributed by atoms with van der Waals surface area (Å²) in [6.07, 6.45) is 1.74. The Morgan fingerprint density at radius 3 is 2.94 bits per heavy atom. The van der Waals surface area contributed by atoms with Crippen LogP contribution in [0.4, 0.5) is 5.69 Å². The first-order valence-corrected chi connectivity index (χ1v) is 5.52. The lowest BCUT2D eigenvalue weighted by Crippen LogP contribution is -1.91. The minimum Gasteiger partial charge on any atom is -0.497 e. The minimum absolute atomic E-state index is 0.652. The predicted octanol–water partition coefficient (Wildman–Crippen LogP) is 1.99. The SMILES string of the molecule is COc1cccc(-c2nc3ccc(N)cn3n2)c1. The van der Waals surface area contributed by atoms with Gasteiger partial charge in [0.05, 0.1) is 19.0 Å². The first-order valence-electron chi connectivity index (χ1n) is 5.52. The fourth-order valence-corrected chi connectivity index (χ4v) is 1.78. The summed E-state index contributed by atoms with van der Waals surface area (Å²) in [6.45, 7) is 0. The smallest absolute Gasteiger partial charge is 0.182 e. The van der Waals surface area contributed by atoms with Gasteiger partial charge >= 0.3 is 0 Å². The van der Waals surface area contributed by atoms with Gasteiger partial charge in [-0.1, -0.05) is 12.1 Å². The van der Waals surface area contributed by atoms with Gasteiger partial charge in [-0.25, -0.2) is 9.50 Å². The summed E-state index contributed by atoms with van der Waals surface area (Å²) >= 11 is 0. The number of pyridine rings is 1. The van der Waals surface area contributed by atoms with Crippen LogP contribution in [0.1, 0.15) is 0 Å².